The predicted octanol–water partition coefficient (Wildman–Crippen LogP) is 2.46. The monoisotopic (exact) mass is 313 g/mol. The number of nitrogens with zero attached hydrogens (tertiary/aromatic N) is 3. The van der Waals surface area contributed by atoms with Crippen LogP contribution in [0.1, 0.15) is 25.0 Å². The molecule has 0 atom stereocenters. The van der Waals surface area contributed by atoms with Crippen molar-refractivity contribution in [2.24, 2.45) is 10.9 Å². The van der Waals surface area contributed by atoms with Gasteiger partial charge in [0.1, 0.15) is 0 Å². The number of hydrazone groups is 1. The molecular weight excluding hydrogens is 295 g/mol. The lowest BCUT2D eigenvalue weighted by molar-refractivity contribution is -0.255. The Labute approximate surface area is 126 Å². The Morgan fingerprint density at radius 2 is 1.82 bits per heavy atom. The van der Waals surface area contributed by atoms with Crippen LogP contribution in [0.3, 0.4) is 0 Å². The van der Waals surface area contributed by atoms with E-state index in [9.17, 15) is 13.2 Å². The van der Waals surface area contributed by atoms with Crippen molar-refractivity contribution < 1.29 is 13.2 Å². The number of nitrogens with two attached hydrogens (primary N) is 1. The lowest BCUT2D eigenvalue weighted by Gasteiger charge is -2.37. The second-order valence-electron chi connectivity index (χ2n) is 5.51. The van der Waals surface area contributed by atoms with Gasteiger partial charge >= 0.3 is 6.30 Å². The smallest absolute Gasteiger partial charge is 0.323 e. The van der Waals surface area contributed by atoms with E-state index in [1.54, 1.807) is 13.8 Å². The molecule has 2 rings (SSSR count). The molecule has 1 aromatic carbocycles. The van der Waals surface area contributed by atoms with Crippen LogP contribution < -0.4 is 11.4 Å². The average Bonchev–Trinajstić information content (AvgIpc) is 2.89. The first-order valence-corrected chi connectivity index (χ1v) is 6.61. The summed E-state index contributed by atoms with van der Waals surface area (Å²) in [6.45, 7) is 5.39. The second kappa shape index (κ2) is 5.53. The minimum atomic E-state index is -4.51. The Morgan fingerprint density at radius 3 is 2.32 bits per heavy atom. The molecule has 0 bridgehead atoms. The van der Waals surface area contributed by atoms with Gasteiger partial charge in [-0.2, -0.15) is 5.10 Å². The highest BCUT2D eigenvalue weighted by atomic mass is 19.4. The number of hydrogen-bond donors (Lipinski definition) is 2. The SMILES string of the molecule is Cc1cccc(C(=NN)C(C)(C)N2C=CN(C(F)(F)F)N2)c1. The number of nitrogens with one attached hydrogen (secondary N) is 1. The zero-order chi connectivity index (χ0) is 16.5. The minimum absolute atomic E-state index is 0.0686. The lowest BCUT2D eigenvalue weighted by Crippen LogP contribution is -2.57. The van der Waals surface area contributed by atoms with Crippen molar-refractivity contribution >= 4 is 5.71 Å². The first-order valence-electron chi connectivity index (χ1n) is 6.61. The fourth-order valence-electron chi connectivity index (χ4n) is 2.26. The first-order chi connectivity index (χ1) is 10.2. The molecule has 3 N–H and O–H groups in total. The molecule has 1 heterocycles. The van der Waals surface area contributed by atoms with Crippen LogP contribution in [0.2, 0.25) is 0 Å². The van der Waals surface area contributed by atoms with Crippen LogP contribution in [0.5, 0.6) is 0 Å². The summed E-state index contributed by atoms with van der Waals surface area (Å²) in [4.78, 5) is 0. The van der Waals surface area contributed by atoms with Crippen molar-refractivity contribution in [3.8, 4) is 0 Å². The molecule has 1 aliphatic rings. The molecular formula is C14H18F3N5. The third-order valence-electron chi connectivity index (χ3n) is 3.46. The van der Waals surface area contributed by atoms with Gasteiger partial charge in [0.2, 0.25) is 0 Å². The Kier molecular flexibility index (Phi) is 4.06. The standard InChI is InChI=1S/C14H18F3N5/c1-10-5-4-6-11(9-10)12(19-18)13(2,3)21-7-8-22(20-21)14(15,16)17/h4-9,20H,18H2,1-3H3. The van der Waals surface area contributed by atoms with Crippen LogP contribution in [-0.2, 0) is 0 Å². The summed E-state index contributed by atoms with van der Waals surface area (Å²) in [7, 11) is 0. The number of hydrogen-bond acceptors (Lipinski definition) is 5. The summed E-state index contributed by atoms with van der Waals surface area (Å²) in [6.07, 6.45) is -2.30. The molecule has 0 radical (unpaired) electrons. The molecule has 0 unspecified atom stereocenters. The fraction of sp³-hybridized carbons (Fsp3) is 0.357. The molecule has 22 heavy (non-hydrogen) atoms. The van der Waals surface area contributed by atoms with Crippen LogP contribution in [-0.4, -0.2) is 27.6 Å². The summed E-state index contributed by atoms with van der Waals surface area (Å²) in [5.74, 6) is 5.50. The number of rotatable bonds is 3. The molecule has 0 saturated heterocycles. The van der Waals surface area contributed by atoms with Crippen molar-refractivity contribution in [2.45, 2.75) is 32.6 Å². The number of halogens is 3. The predicted molar refractivity (Wildman–Crippen MR) is 78.0 cm³/mol. The minimum Gasteiger partial charge on any atom is -0.323 e. The van der Waals surface area contributed by atoms with Crippen LogP contribution in [0.25, 0.3) is 0 Å². The molecule has 0 spiro atoms. The fourth-order valence-corrected chi connectivity index (χ4v) is 2.26. The van der Waals surface area contributed by atoms with Crippen molar-refractivity contribution in [2.75, 3.05) is 0 Å². The van der Waals surface area contributed by atoms with Crippen LogP contribution in [0, 0.1) is 6.92 Å². The van der Waals surface area contributed by atoms with Gasteiger partial charge in [-0.15, -0.1) is 18.7 Å². The summed E-state index contributed by atoms with van der Waals surface area (Å²) < 4.78 is 38.1. The highest BCUT2D eigenvalue weighted by molar-refractivity contribution is 6.06. The van der Waals surface area contributed by atoms with Gasteiger partial charge in [-0.25, -0.2) is 5.01 Å². The van der Waals surface area contributed by atoms with E-state index in [1.165, 1.54) is 11.2 Å². The summed E-state index contributed by atoms with van der Waals surface area (Å²) >= 11 is 0. The number of aryl methyl sites for hydroxylation is 1. The highest BCUT2D eigenvalue weighted by Crippen LogP contribution is 2.27. The van der Waals surface area contributed by atoms with E-state index >= 15 is 0 Å². The van der Waals surface area contributed by atoms with Gasteiger partial charge in [0.05, 0.1) is 11.3 Å². The van der Waals surface area contributed by atoms with Crippen LogP contribution in [0.4, 0.5) is 13.2 Å². The van der Waals surface area contributed by atoms with E-state index in [2.05, 4.69) is 10.6 Å². The maximum absolute atomic E-state index is 12.7. The normalized spacial score (nSPS) is 16.5. The van der Waals surface area contributed by atoms with E-state index in [-0.39, 0.29) is 5.01 Å². The maximum atomic E-state index is 12.7. The van der Waals surface area contributed by atoms with Crippen molar-refractivity contribution in [1.82, 2.24) is 15.6 Å². The third-order valence-corrected chi connectivity index (χ3v) is 3.46. The van der Waals surface area contributed by atoms with Crippen LogP contribution in [0.15, 0.2) is 41.8 Å². The topological polar surface area (TPSA) is 56.9 Å². The van der Waals surface area contributed by atoms with E-state index < -0.39 is 11.8 Å². The summed E-state index contributed by atoms with van der Waals surface area (Å²) in [5, 5.41) is 5.19. The van der Waals surface area contributed by atoms with E-state index in [1.807, 2.05) is 31.2 Å². The third kappa shape index (κ3) is 3.01. The van der Waals surface area contributed by atoms with Crippen molar-refractivity contribution in [1.29, 1.82) is 0 Å². The van der Waals surface area contributed by atoms with Crippen LogP contribution >= 0.6 is 0 Å². The number of hydrazine groups is 2. The van der Waals surface area contributed by atoms with Crippen molar-refractivity contribution in [3.05, 3.63) is 47.8 Å². The second-order valence-corrected chi connectivity index (χ2v) is 5.51. The quantitative estimate of drug-likeness (QED) is 0.389. The van der Waals surface area contributed by atoms with Gasteiger partial charge in [0.25, 0.3) is 0 Å². The Morgan fingerprint density at radius 1 is 1.18 bits per heavy atom. The Balaban J connectivity index is 2.28. The van der Waals surface area contributed by atoms with Gasteiger partial charge < -0.3 is 5.84 Å². The van der Waals surface area contributed by atoms with Gasteiger partial charge in [0.15, 0.2) is 0 Å². The molecule has 5 nitrogen and oxygen atoms in total. The molecule has 1 aliphatic heterocycles. The van der Waals surface area contributed by atoms with Gasteiger partial charge in [-0.1, -0.05) is 29.8 Å². The van der Waals surface area contributed by atoms with Gasteiger partial charge in [-0.3, -0.25) is 5.01 Å². The summed E-state index contributed by atoms with van der Waals surface area (Å²) in [5.41, 5.74) is 3.61. The highest BCUT2D eigenvalue weighted by Gasteiger charge is 2.42. The Hall–Kier alpha value is -2.22. The van der Waals surface area contributed by atoms with E-state index in [0.29, 0.717) is 5.71 Å². The molecule has 120 valence electrons. The summed E-state index contributed by atoms with van der Waals surface area (Å²) in [6, 6.07) is 7.47. The number of alkyl halides is 3. The molecule has 0 amide bonds. The Bertz CT molecular complexity index is 607. The molecule has 8 heteroatoms. The maximum Gasteiger partial charge on any atom is 0.499 e. The molecule has 0 saturated carbocycles. The largest absolute Gasteiger partial charge is 0.499 e. The first kappa shape index (κ1) is 16.2. The number of benzene rings is 1. The van der Waals surface area contributed by atoms with Crippen molar-refractivity contribution in [3.63, 3.8) is 0 Å². The molecule has 0 aromatic heterocycles. The lowest BCUT2D eigenvalue weighted by atomic mass is 9.91. The van der Waals surface area contributed by atoms with E-state index in [4.69, 9.17) is 5.84 Å². The molecule has 0 fully saturated rings. The zero-order valence-electron chi connectivity index (χ0n) is 12.5. The van der Waals surface area contributed by atoms with E-state index in [0.717, 1.165) is 17.3 Å². The average molecular weight is 313 g/mol. The molecule has 1 aromatic rings. The molecule has 0 aliphatic carbocycles. The van der Waals surface area contributed by atoms with Gasteiger partial charge in [-0.05, 0) is 20.8 Å². The zero-order valence-corrected chi connectivity index (χ0v) is 12.5. The van der Waals surface area contributed by atoms with Gasteiger partial charge in [0, 0.05) is 18.0 Å².